The van der Waals surface area contributed by atoms with Crippen LogP contribution >= 0.6 is 0 Å². The summed E-state index contributed by atoms with van der Waals surface area (Å²) in [5.41, 5.74) is 6.18. The summed E-state index contributed by atoms with van der Waals surface area (Å²) in [5.74, 6) is -0.0274. The van der Waals surface area contributed by atoms with Gasteiger partial charge in [0, 0.05) is 6.04 Å². The molecule has 0 saturated carbocycles. The van der Waals surface area contributed by atoms with Crippen molar-refractivity contribution in [2.24, 2.45) is 5.73 Å². The maximum atomic E-state index is 13.5. The smallest absolute Gasteiger partial charge is 0.168 e. The van der Waals surface area contributed by atoms with E-state index in [4.69, 9.17) is 10.5 Å². The minimum absolute atomic E-state index is 0.0402. The molecule has 2 N–H and O–H groups in total. The summed E-state index contributed by atoms with van der Waals surface area (Å²) in [6, 6.07) is 5.04. The first-order valence-corrected chi connectivity index (χ1v) is 4.22. The molecule has 72 valence electrons. The van der Waals surface area contributed by atoms with Gasteiger partial charge >= 0.3 is 0 Å². The van der Waals surface area contributed by atoms with Gasteiger partial charge in [-0.3, -0.25) is 0 Å². The molecule has 0 saturated heterocycles. The van der Waals surface area contributed by atoms with Crippen molar-refractivity contribution >= 4 is 0 Å². The Hall–Kier alpha value is -1.09. The van der Waals surface area contributed by atoms with Crippen LogP contribution in [0.4, 0.5) is 4.39 Å². The second kappa shape index (κ2) is 4.23. The Labute approximate surface area is 77.5 Å². The van der Waals surface area contributed by atoms with Gasteiger partial charge in [-0.15, -0.1) is 0 Å². The van der Waals surface area contributed by atoms with Gasteiger partial charge in [0.25, 0.3) is 0 Å². The van der Waals surface area contributed by atoms with E-state index >= 15 is 0 Å². The first-order valence-electron chi connectivity index (χ1n) is 4.22. The number of ether oxygens (including phenoxy) is 1. The van der Waals surface area contributed by atoms with Crippen LogP contribution in [0.1, 0.15) is 12.5 Å². The number of nitrogens with two attached hydrogens (primary N) is 1. The van der Waals surface area contributed by atoms with E-state index in [0.717, 1.165) is 0 Å². The lowest BCUT2D eigenvalue weighted by Crippen LogP contribution is -2.18. The number of methoxy groups -OCH3 is 1. The maximum absolute atomic E-state index is 13.5. The Morgan fingerprint density at radius 3 is 2.77 bits per heavy atom. The fourth-order valence-electron chi connectivity index (χ4n) is 1.22. The molecule has 3 heteroatoms. The molecule has 0 radical (unpaired) electrons. The SMILES string of the molecule is COc1cccc(C[C@H](C)N)c1F. The van der Waals surface area contributed by atoms with Crippen molar-refractivity contribution in [1.82, 2.24) is 0 Å². The van der Waals surface area contributed by atoms with E-state index in [9.17, 15) is 4.39 Å². The van der Waals surface area contributed by atoms with Crippen LogP contribution in [0, 0.1) is 5.82 Å². The van der Waals surface area contributed by atoms with E-state index < -0.39 is 0 Å². The molecule has 0 aliphatic heterocycles. The average molecular weight is 183 g/mol. The van der Waals surface area contributed by atoms with Crippen LogP contribution in [-0.2, 0) is 6.42 Å². The van der Waals surface area contributed by atoms with Crippen LogP contribution < -0.4 is 10.5 Å². The van der Waals surface area contributed by atoms with E-state index in [2.05, 4.69) is 0 Å². The zero-order valence-corrected chi connectivity index (χ0v) is 7.88. The standard InChI is InChI=1S/C10H14FNO/c1-7(12)6-8-4-3-5-9(13-2)10(8)11/h3-5,7H,6,12H2,1-2H3/t7-/m0/s1. The summed E-state index contributed by atoms with van der Waals surface area (Å²) in [5, 5.41) is 0. The molecule has 0 spiro atoms. The molecule has 0 bridgehead atoms. The van der Waals surface area contributed by atoms with Gasteiger partial charge in [-0.1, -0.05) is 12.1 Å². The highest BCUT2D eigenvalue weighted by atomic mass is 19.1. The Bertz CT molecular complexity index is 286. The molecule has 1 atom stereocenters. The second-order valence-corrected chi connectivity index (χ2v) is 3.11. The van der Waals surface area contributed by atoms with E-state index in [1.807, 2.05) is 6.92 Å². The summed E-state index contributed by atoms with van der Waals surface area (Å²) in [4.78, 5) is 0. The molecule has 1 aromatic carbocycles. The minimum atomic E-state index is -0.303. The number of hydrogen-bond donors (Lipinski definition) is 1. The van der Waals surface area contributed by atoms with Gasteiger partial charge in [0.1, 0.15) is 0 Å². The summed E-state index contributed by atoms with van der Waals surface area (Å²) in [6.45, 7) is 1.85. The molecule has 0 amide bonds. The summed E-state index contributed by atoms with van der Waals surface area (Å²) in [6.07, 6.45) is 0.531. The number of benzene rings is 1. The molecular formula is C10H14FNO. The van der Waals surface area contributed by atoms with E-state index in [1.54, 1.807) is 18.2 Å². The van der Waals surface area contributed by atoms with Crippen molar-refractivity contribution in [2.75, 3.05) is 7.11 Å². The van der Waals surface area contributed by atoms with Gasteiger partial charge in [-0.2, -0.15) is 0 Å². The number of halogens is 1. The van der Waals surface area contributed by atoms with Crippen molar-refractivity contribution in [2.45, 2.75) is 19.4 Å². The molecule has 0 fully saturated rings. The lowest BCUT2D eigenvalue weighted by molar-refractivity contribution is 0.383. The normalized spacial score (nSPS) is 12.6. The van der Waals surface area contributed by atoms with Crippen LogP contribution in [0.15, 0.2) is 18.2 Å². The Balaban J connectivity index is 2.94. The van der Waals surface area contributed by atoms with Crippen molar-refractivity contribution in [1.29, 1.82) is 0 Å². The van der Waals surface area contributed by atoms with Gasteiger partial charge in [-0.05, 0) is 25.0 Å². The van der Waals surface area contributed by atoms with Gasteiger partial charge in [0.15, 0.2) is 11.6 Å². The molecule has 0 aromatic heterocycles. The van der Waals surface area contributed by atoms with Gasteiger partial charge in [-0.25, -0.2) is 4.39 Å². The van der Waals surface area contributed by atoms with Gasteiger partial charge in [0.2, 0.25) is 0 Å². The lowest BCUT2D eigenvalue weighted by atomic mass is 10.1. The minimum Gasteiger partial charge on any atom is -0.494 e. The topological polar surface area (TPSA) is 35.2 Å². The number of hydrogen-bond acceptors (Lipinski definition) is 2. The van der Waals surface area contributed by atoms with Crippen LogP contribution in [0.25, 0.3) is 0 Å². The molecule has 0 heterocycles. The largest absolute Gasteiger partial charge is 0.494 e. The van der Waals surface area contributed by atoms with Crippen LogP contribution in [0.2, 0.25) is 0 Å². The highest BCUT2D eigenvalue weighted by Crippen LogP contribution is 2.20. The fraction of sp³-hybridized carbons (Fsp3) is 0.400. The van der Waals surface area contributed by atoms with Crippen molar-refractivity contribution in [3.05, 3.63) is 29.6 Å². The summed E-state index contributed by atoms with van der Waals surface area (Å²) >= 11 is 0. The molecule has 0 aliphatic rings. The lowest BCUT2D eigenvalue weighted by Gasteiger charge is -2.08. The van der Waals surface area contributed by atoms with Crippen LogP contribution in [0.5, 0.6) is 5.75 Å². The summed E-state index contributed by atoms with van der Waals surface area (Å²) < 4.78 is 18.3. The molecule has 13 heavy (non-hydrogen) atoms. The predicted molar refractivity (Wildman–Crippen MR) is 50.3 cm³/mol. The van der Waals surface area contributed by atoms with E-state index in [1.165, 1.54) is 7.11 Å². The van der Waals surface area contributed by atoms with Crippen molar-refractivity contribution in [3.8, 4) is 5.75 Å². The molecule has 0 unspecified atom stereocenters. The van der Waals surface area contributed by atoms with Crippen LogP contribution in [-0.4, -0.2) is 13.2 Å². The number of rotatable bonds is 3. The first-order chi connectivity index (χ1) is 6.15. The molecule has 0 aliphatic carbocycles. The molecule has 2 nitrogen and oxygen atoms in total. The van der Waals surface area contributed by atoms with Gasteiger partial charge in [0.05, 0.1) is 7.11 Å². The highest BCUT2D eigenvalue weighted by Gasteiger charge is 2.08. The van der Waals surface area contributed by atoms with E-state index in [0.29, 0.717) is 12.0 Å². The Kier molecular flexibility index (Phi) is 3.25. The van der Waals surface area contributed by atoms with Crippen molar-refractivity contribution < 1.29 is 9.13 Å². The van der Waals surface area contributed by atoms with Crippen LogP contribution in [0.3, 0.4) is 0 Å². The zero-order valence-electron chi connectivity index (χ0n) is 7.88. The average Bonchev–Trinajstić information content (AvgIpc) is 2.08. The second-order valence-electron chi connectivity index (χ2n) is 3.11. The Morgan fingerprint density at radius 2 is 2.23 bits per heavy atom. The predicted octanol–water partition coefficient (Wildman–Crippen LogP) is 1.72. The highest BCUT2D eigenvalue weighted by molar-refractivity contribution is 5.31. The third-order valence-electron chi connectivity index (χ3n) is 1.81. The molecular weight excluding hydrogens is 169 g/mol. The Morgan fingerprint density at radius 1 is 1.54 bits per heavy atom. The fourth-order valence-corrected chi connectivity index (χ4v) is 1.22. The third kappa shape index (κ3) is 2.42. The third-order valence-corrected chi connectivity index (χ3v) is 1.81. The zero-order chi connectivity index (χ0) is 9.84. The first kappa shape index (κ1) is 9.99. The summed E-state index contributed by atoms with van der Waals surface area (Å²) in [7, 11) is 1.45. The quantitative estimate of drug-likeness (QED) is 0.774. The van der Waals surface area contributed by atoms with Crippen molar-refractivity contribution in [3.63, 3.8) is 0 Å². The van der Waals surface area contributed by atoms with Gasteiger partial charge < -0.3 is 10.5 Å². The molecule has 1 aromatic rings. The maximum Gasteiger partial charge on any atom is 0.168 e. The molecule has 1 rings (SSSR count). The monoisotopic (exact) mass is 183 g/mol. The van der Waals surface area contributed by atoms with E-state index in [-0.39, 0.29) is 17.6 Å².